The van der Waals surface area contributed by atoms with Crippen molar-refractivity contribution in [3.05, 3.63) is 52.0 Å². The second-order valence-corrected chi connectivity index (χ2v) is 6.28. The van der Waals surface area contributed by atoms with Gasteiger partial charge in [-0.2, -0.15) is 0 Å². The van der Waals surface area contributed by atoms with Gasteiger partial charge in [0.15, 0.2) is 0 Å². The minimum absolute atomic E-state index is 0.0578. The van der Waals surface area contributed by atoms with Gasteiger partial charge in [-0.05, 0) is 44.2 Å². The number of ether oxygens (including phenoxy) is 1. The van der Waals surface area contributed by atoms with Gasteiger partial charge in [0.2, 0.25) is 0 Å². The monoisotopic (exact) mass is 382 g/mol. The maximum atomic E-state index is 12.0. The molecule has 0 aromatic heterocycles. The van der Waals surface area contributed by atoms with Crippen LogP contribution in [0, 0.1) is 0 Å². The van der Waals surface area contributed by atoms with E-state index in [1.54, 1.807) is 36.4 Å². The van der Waals surface area contributed by atoms with Crippen molar-refractivity contribution in [2.24, 2.45) is 0 Å². The molecule has 0 aliphatic rings. The number of hydrogen-bond acceptors (Lipinski definition) is 2. The van der Waals surface area contributed by atoms with E-state index in [1.807, 2.05) is 19.9 Å². The van der Waals surface area contributed by atoms with E-state index >= 15 is 0 Å². The standard InChI is InChI=1S/C16H16BrClN2O2/c1-10(2)22-15-7-11(17)6-14(9-15)20-16(21)19-13-5-3-4-12(18)8-13/h3-10H,1-2H3,(H2,19,20,21). The van der Waals surface area contributed by atoms with Gasteiger partial charge in [-0.1, -0.05) is 33.6 Å². The van der Waals surface area contributed by atoms with Crippen LogP contribution in [0.2, 0.25) is 5.02 Å². The normalized spacial score (nSPS) is 10.4. The zero-order chi connectivity index (χ0) is 16.1. The molecule has 0 aliphatic carbocycles. The molecule has 0 bridgehead atoms. The third kappa shape index (κ3) is 5.24. The highest BCUT2D eigenvalue weighted by Crippen LogP contribution is 2.26. The van der Waals surface area contributed by atoms with Crippen molar-refractivity contribution >= 4 is 44.9 Å². The predicted molar refractivity (Wildman–Crippen MR) is 94.0 cm³/mol. The SMILES string of the molecule is CC(C)Oc1cc(Br)cc(NC(=O)Nc2cccc(Cl)c2)c1. The summed E-state index contributed by atoms with van der Waals surface area (Å²) < 4.78 is 6.45. The first kappa shape index (κ1) is 16.6. The van der Waals surface area contributed by atoms with Crippen LogP contribution < -0.4 is 15.4 Å². The highest BCUT2D eigenvalue weighted by Gasteiger charge is 2.07. The Kier molecular flexibility index (Phi) is 5.69. The largest absolute Gasteiger partial charge is 0.491 e. The Labute approximate surface area is 142 Å². The topological polar surface area (TPSA) is 50.4 Å². The van der Waals surface area contributed by atoms with E-state index in [0.29, 0.717) is 22.1 Å². The third-order valence-corrected chi connectivity index (χ3v) is 3.28. The summed E-state index contributed by atoms with van der Waals surface area (Å²) in [6.45, 7) is 3.89. The highest BCUT2D eigenvalue weighted by atomic mass is 79.9. The minimum atomic E-state index is -0.351. The van der Waals surface area contributed by atoms with Gasteiger partial charge in [0.05, 0.1) is 6.10 Å². The van der Waals surface area contributed by atoms with Crippen LogP contribution in [0.3, 0.4) is 0 Å². The Morgan fingerprint density at radius 1 is 1.14 bits per heavy atom. The molecule has 116 valence electrons. The van der Waals surface area contributed by atoms with E-state index in [2.05, 4.69) is 26.6 Å². The molecule has 0 unspecified atom stereocenters. The van der Waals surface area contributed by atoms with E-state index in [0.717, 1.165) is 4.47 Å². The van der Waals surface area contributed by atoms with Gasteiger partial charge in [-0.15, -0.1) is 0 Å². The minimum Gasteiger partial charge on any atom is -0.491 e. The summed E-state index contributed by atoms with van der Waals surface area (Å²) in [5.74, 6) is 0.683. The van der Waals surface area contributed by atoms with Gasteiger partial charge >= 0.3 is 6.03 Å². The van der Waals surface area contributed by atoms with Crippen LogP contribution in [0.4, 0.5) is 16.2 Å². The van der Waals surface area contributed by atoms with Crippen LogP contribution in [-0.2, 0) is 0 Å². The van der Waals surface area contributed by atoms with E-state index < -0.39 is 0 Å². The molecule has 2 aromatic rings. The molecular weight excluding hydrogens is 368 g/mol. The number of anilines is 2. The Morgan fingerprint density at radius 2 is 1.86 bits per heavy atom. The number of benzene rings is 2. The maximum absolute atomic E-state index is 12.0. The molecule has 0 spiro atoms. The van der Waals surface area contributed by atoms with Gasteiger partial charge in [0.1, 0.15) is 5.75 Å². The number of carbonyl (C=O) groups is 1. The molecule has 2 aromatic carbocycles. The summed E-state index contributed by atoms with van der Waals surface area (Å²) in [7, 11) is 0. The zero-order valence-electron chi connectivity index (χ0n) is 12.2. The first-order valence-electron chi connectivity index (χ1n) is 6.73. The van der Waals surface area contributed by atoms with Gasteiger partial charge in [-0.25, -0.2) is 4.79 Å². The molecule has 0 atom stereocenters. The lowest BCUT2D eigenvalue weighted by Crippen LogP contribution is -2.19. The van der Waals surface area contributed by atoms with Crippen molar-refractivity contribution in [2.75, 3.05) is 10.6 Å². The molecule has 0 aliphatic heterocycles. The number of urea groups is 1. The Morgan fingerprint density at radius 3 is 2.55 bits per heavy atom. The summed E-state index contributed by atoms with van der Waals surface area (Å²) in [5, 5.41) is 6.04. The van der Waals surface area contributed by atoms with Crippen LogP contribution in [0.15, 0.2) is 46.9 Å². The van der Waals surface area contributed by atoms with E-state index in [4.69, 9.17) is 16.3 Å². The van der Waals surface area contributed by atoms with Crippen molar-refractivity contribution in [1.29, 1.82) is 0 Å². The Bertz CT molecular complexity index is 677. The summed E-state index contributed by atoms with van der Waals surface area (Å²) in [6, 6.07) is 12.0. The lowest BCUT2D eigenvalue weighted by atomic mass is 10.3. The predicted octanol–water partition coefficient (Wildman–Crippen LogP) is 5.53. The second-order valence-electron chi connectivity index (χ2n) is 4.93. The molecule has 4 nitrogen and oxygen atoms in total. The van der Waals surface area contributed by atoms with Crippen molar-refractivity contribution in [3.63, 3.8) is 0 Å². The third-order valence-electron chi connectivity index (χ3n) is 2.58. The lowest BCUT2D eigenvalue weighted by Gasteiger charge is -2.13. The molecule has 0 saturated carbocycles. The van der Waals surface area contributed by atoms with Gasteiger partial charge in [0.25, 0.3) is 0 Å². The van der Waals surface area contributed by atoms with Crippen molar-refractivity contribution in [2.45, 2.75) is 20.0 Å². The highest BCUT2D eigenvalue weighted by molar-refractivity contribution is 9.10. The van der Waals surface area contributed by atoms with E-state index in [9.17, 15) is 4.79 Å². The summed E-state index contributed by atoms with van der Waals surface area (Å²) in [4.78, 5) is 12.0. The fourth-order valence-corrected chi connectivity index (χ4v) is 2.50. The van der Waals surface area contributed by atoms with Crippen LogP contribution in [0.25, 0.3) is 0 Å². The molecule has 2 amide bonds. The zero-order valence-corrected chi connectivity index (χ0v) is 14.5. The summed E-state index contributed by atoms with van der Waals surface area (Å²) in [6.07, 6.45) is 0.0578. The van der Waals surface area contributed by atoms with E-state index in [-0.39, 0.29) is 12.1 Å². The average Bonchev–Trinajstić information content (AvgIpc) is 2.36. The first-order chi connectivity index (χ1) is 10.4. The molecular formula is C16H16BrClN2O2. The van der Waals surface area contributed by atoms with Crippen LogP contribution >= 0.6 is 27.5 Å². The first-order valence-corrected chi connectivity index (χ1v) is 7.90. The molecule has 0 radical (unpaired) electrons. The van der Waals surface area contributed by atoms with Gasteiger partial charge in [0, 0.05) is 26.9 Å². The summed E-state index contributed by atoms with van der Waals surface area (Å²) >= 11 is 9.28. The maximum Gasteiger partial charge on any atom is 0.323 e. The Hall–Kier alpha value is -1.72. The van der Waals surface area contributed by atoms with Gasteiger partial charge in [-0.3, -0.25) is 0 Å². The molecule has 0 heterocycles. The van der Waals surface area contributed by atoms with Crippen LogP contribution in [-0.4, -0.2) is 12.1 Å². The van der Waals surface area contributed by atoms with Crippen molar-refractivity contribution in [3.8, 4) is 5.75 Å². The second kappa shape index (κ2) is 7.51. The van der Waals surface area contributed by atoms with Gasteiger partial charge < -0.3 is 15.4 Å². The van der Waals surface area contributed by atoms with Crippen molar-refractivity contribution in [1.82, 2.24) is 0 Å². The van der Waals surface area contributed by atoms with Crippen LogP contribution in [0.1, 0.15) is 13.8 Å². The van der Waals surface area contributed by atoms with Crippen LogP contribution in [0.5, 0.6) is 5.75 Å². The molecule has 0 saturated heterocycles. The number of halogens is 2. The average molecular weight is 384 g/mol. The molecule has 6 heteroatoms. The number of rotatable bonds is 4. The number of hydrogen-bond donors (Lipinski definition) is 2. The molecule has 2 N–H and O–H groups in total. The number of nitrogens with one attached hydrogen (secondary N) is 2. The van der Waals surface area contributed by atoms with Crippen molar-refractivity contribution < 1.29 is 9.53 Å². The molecule has 22 heavy (non-hydrogen) atoms. The fraction of sp³-hybridized carbons (Fsp3) is 0.188. The molecule has 2 rings (SSSR count). The quantitative estimate of drug-likeness (QED) is 0.729. The number of amides is 2. The summed E-state index contributed by atoms with van der Waals surface area (Å²) in [5.41, 5.74) is 1.25. The van der Waals surface area contributed by atoms with E-state index in [1.165, 1.54) is 0 Å². The molecule has 0 fully saturated rings. The number of carbonyl (C=O) groups excluding carboxylic acids is 1. The smallest absolute Gasteiger partial charge is 0.323 e. The lowest BCUT2D eigenvalue weighted by molar-refractivity contribution is 0.242. The Balaban J connectivity index is 2.06. The fourth-order valence-electron chi connectivity index (χ4n) is 1.83.